The van der Waals surface area contributed by atoms with Crippen molar-refractivity contribution in [3.05, 3.63) is 32.1 Å². The molecule has 1 saturated carbocycles. The van der Waals surface area contributed by atoms with E-state index in [9.17, 15) is 22.8 Å². The first kappa shape index (κ1) is 15.3. The van der Waals surface area contributed by atoms with Gasteiger partial charge in [-0.05, 0) is 18.8 Å². The largest absolute Gasteiger partial charge is 0.417 e. The molecule has 3 rings (SSSR count). The fourth-order valence-corrected chi connectivity index (χ4v) is 3.37. The quantitative estimate of drug-likeness (QED) is 0.861. The molecular weight excluding hydrogens is 303 g/mol. The summed E-state index contributed by atoms with van der Waals surface area (Å²) in [6, 6.07) is 0. The molecule has 0 unspecified atom stereocenters. The maximum Gasteiger partial charge on any atom is 0.417 e. The van der Waals surface area contributed by atoms with Gasteiger partial charge in [0.25, 0.3) is 5.56 Å². The second-order valence-electron chi connectivity index (χ2n) is 6.01. The zero-order valence-corrected chi connectivity index (χ0v) is 11.9. The third-order valence-corrected chi connectivity index (χ3v) is 4.55. The molecule has 122 valence electrons. The number of fused-ring (bicyclic) bond motifs is 1. The predicted molar refractivity (Wildman–Crippen MR) is 70.3 cm³/mol. The molecule has 2 N–H and O–H groups in total. The molecule has 1 aliphatic carbocycles. The fraction of sp³-hybridized carbons (Fsp3) is 0.692. The summed E-state index contributed by atoms with van der Waals surface area (Å²) in [6.07, 6.45) is -4.52. The van der Waals surface area contributed by atoms with Gasteiger partial charge in [-0.15, -0.1) is 0 Å². The number of nitrogens with one attached hydrogen (secondary N) is 2. The second-order valence-corrected chi connectivity index (χ2v) is 6.01. The van der Waals surface area contributed by atoms with Crippen molar-refractivity contribution in [2.45, 2.75) is 37.7 Å². The van der Waals surface area contributed by atoms with Crippen LogP contribution in [-0.4, -0.2) is 40.3 Å². The smallest absolute Gasteiger partial charge is 0.369 e. The number of aromatic amines is 2. The molecule has 0 amide bonds. The minimum Gasteiger partial charge on any atom is -0.369 e. The minimum atomic E-state index is -4.37. The molecule has 1 aromatic heterocycles. The SMILES string of the molecule is COC1(C(F)(F)F)CC(CN2Cc3[nH]c(=O)[nH]c(=O)c3C2)C1. The van der Waals surface area contributed by atoms with Crippen LogP contribution >= 0.6 is 0 Å². The molecule has 1 fully saturated rings. The van der Waals surface area contributed by atoms with E-state index in [2.05, 4.69) is 14.7 Å². The molecule has 9 heteroatoms. The van der Waals surface area contributed by atoms with Crippen molar-refractivity contribution in [1.82, 2.24) is 14.9 Å². The second kappa shape index (κ2) is 4.95. The Morgan fingerprint density at radius 3 is 2.55 bits per heavy atom. The molecule has 1 aliphatic heterocycles. The van der Waals surface area contributed by atoms with Crippen LogP contribution in [0.5, 0.6) is 0 Å². The number of nitrogens with zero attached hydrogens (tertiary/aromatic N) is 1. The Balaban J connectivity index is 1.63. The van der Waals surface area contributed by atoms with Crippen LogP contribution in [0, 0.1) is 5.92 Å². The summed E-state index contributed by atoms with van der Waals surface area (Å²) >= 11 is 0. The van der Waals surface area contributed by atoms with Crippen LogP contribution < -0.4 is 11.2 Å². The van der Waals surface area contributed by atoms with Crippen LogP contribution in [-0.2, 0) is 17.8 Å². The first-order valence-corrected chi connectivity index (χ1v) is 6.93. The summed E-state index contributed by atoms with van der Waals surface area (Å²) in [5, 5.41) is 0. The van der Waals surface area contributed by atoms with E-state index >= 15 is 0 Å². The maximum atomic E-state index is 12.9. The number of ether oxygens (including phenoxy) is 1. The first-order chi connectivity index (χ1) is 10.2. The third kappa shape index (κ3) is 2.38. The summed E-state index contributed by atoms with van der Waals surface area (Å²) in [5.41, 5.74) is -2.01. The van der Waals surface area contributed by atoms with Gasteiger partial charge < -0.3 is 9.72 Å². The lowest BCUT2D eigenvalue weighted by molar-refractivity contribution is -0.309. The highest BCUT2D eigenvalue weighted by Gasteiger charge is 2.62. The van der Waals surface area contributed by atoms with Crippen LogP contribution in [0.25, 0.3) is 0 Å². The molecule has 0 saturated heterocycles. The van der Waals surface area contributed by atoms with Crippen LogP contribution in [0.1, 0.15) is 24.1 Å². The summed E-state index contributed by atoms with van der Waals surface area (Å²) in [6.45, 7) is 1.15. The summed E-state index contributed by atoms with van der Waals surface area (Å²) in [4.78, 5) is 29.5. The molecule has 0 spiro atoms. The Labute approximate surface area is 123 Å². The number of rotatable bonds is 3. The van der Waals surface area contributed by atoms with Gasteiger partial charge in [-0.25, -0.2) is 4.79 Å². The van der Waals surface area contributed by atoms with Gasteiger partial charge in [0.1, 0.15) is 0 Å². The average molecular weight is 319 g/mol. The number of H-pyrrole nitrogens is 2. The van der Waals surface area contributed by atoms with E-state index in [1.165, 1.54) is 0 Å². The van der Waals surface area contributed by atoms with Crippen molar-refractivity contribution in [3.63, 3.8) is 0 Å². The van der Waals surface area contributed by atoms with Crippen LogP contribution in [0.2, 0.25) is 0 Å². The molecule has 22 heavy (non-hydrogen) atoms. The predicted octanol–water partition coefficient (Wildman–Crippen LogP) is 0.736. The number of alkyl halides is 3. The maximum absolute atomic E-state index is 12.9. The van der Waals surface area contributed by atoms with Gasteiger partial charge in [0.05, 0.1) is 5.56 Å². The lowest BCUT2D eigenvalue weighted by Crippen LogP contribution is -2.58. The summed E-state index contributed by atoms with van der Waals surface area (Å²) < 4.78 is 43.5. The molecular formula is C13H16F3N3O3. The molecule has 1 aromatic rings. The zero-order valence-electron chi connectivity index (χ0n) is 11.9. The van der Waals surface area contributed by atoms with E-state index in [0.717, 1.165) is 7.11 Å². The van der Waals surface area contributed by atoms with Crippen molar-refractivity contribution in [1.29, 1.82) is 0 Å². The highest BCUT2D eigenvalue weighted by atomic mass is 19.4. The van der Waals surface area contributed by atoms with Gasteiger partial charge in [-0.3, -0.25) is 14.7 Å². The van der Waals surface area contributed by atoms with Gasteiger partial charge in [-0.2, -0.15) is 13.2 Å². The number of hydrogen-bond acceptors (Lipinski definition) is 4. The number of methoxy groups -OCH3 is 1. The first-order valence-electron chi connectivity index (χ1n) is 6.93. The Morgan fingerprint density at radius 2 is 1.95 bits per heavy atom. The average Bonchev–Trinajstić information content (AvgIpc) is 2.74. The highest BCUT2D eigenvalue weighted by molar-refractivity contribution is 5.20. The number of aromatic nitrogens is 2. The molecule has 0 bridgehead atoms. The lowest BCUT2D eigenvalue weighted by atomic mass is 9.70. The summed E-state index contributed by atoms with van der Waals surface area (Å²) in [5.74, 6) is -0.137. The van der Waals surface area contributed by atoms with Crippen molar-refractivity contribution in [2.24, 2.45) is 5.92 Å². The van der Waals surface area contributed by atoms with Gasteiger partial charge in [0.15, 0.2) is 5.60 Å². The van der Waals surface area contributed by atoms with Crippen molar-refractivity contribution < 1.29 is 17.9 Å². The third-order valence-electron chi connectivity index (χ3n) is 4.55. The minimum absolute atomic E-state index is 0.0767. The topological polar surface area (TPSA) is 78.2 Å². The van der Waals surface area contributed by atoms with Crippen LogP contribution in [0.3, 0.4) is 0 Å². The molecule has 0 atom stereocenters. The van der Waals surface area contributed by atoms with Crippen LogP contribution in [0.15, 0.2) is 9.59 Å². The normalized spacial score (nSPS) is 28.5. The molecule has 2 heterocycles. The Kier molecular flexibility index (Phi) is 3.44. The van der Waals surface area contributed by atoms with Crippen LogP contribution in [0.4, 0.5) is 13.2 Å². The van der Waals surface area contributed by atoms with E-state index in [0.29, 0.717) is 30.9 Å². The van der Waals surface area contributed by atoms with E-state index < -0.39 is 23.0 Å². The van der Waals surface area contributed by atoms with Gasteiger partial charge >= 0.3 is 11.9 Å². The van der Waals surface area contributed by atoms with Gasteiger partial charge in [0, 0.05) is 32.4 Å². The van der Waals surface area contributed by atoms with E-state index in [1.807, 2.05) is 4.90 Å². The van der Waals surface area contributed by atoms with E-state index in [1.54, 1.807) is 0 Å². The van der Waals surface area contributed by atoms with Gasteiger partial charge in [0.2, 0.25) is 0 Å². The van der Waals surface area contributed by atoms with Crippen molar-refractivity contribution >= 4 is 0 Å². The molecule has 0 aromatic carbocycles. The zero-order chi connectivity index (χ0) is 16.1. The van der Waals surface area contributed by atoms with E-state index in [-0.39, 0.29) is 18.8 Å². The Hall–Kier alpha value is -1.61. The molecule has 2 aliphatic rings. The standard InChI is InChI=1S/C13H16F3N3O3/c1-22-12(13(14,15)16)2-7(3-12)4-19-5-8-9(6-19)17-11(21)18-10(8)20/h7H,2-6H2,1H3,(H2,17,18,20,21). The van der Waals surface area contributed by atoms with Crippen molar-refractivity contribution in [3.8, 4) is 0 Å². The Morgan fingerprint density at radius 1 is 1.27 bits per heavy atom. The number of halogens is 3. The highest BCUT2D eigenvalue weighted by Crippen LogP contribution is 2.51. The summed E-state index contributed by atoms with van der Waals surface area (Å²) in [7, 11) is 1.08. The van der Waals surface area contributed by atoms with E-state index in [4.69, 9.17) is 0 Å². The monoisotopic (exact) mass is 319 g/mol. The fourth-order valence-electron chi connectivity index (χ4n) is 3.37. The molecule has 6 nitrogen and oxygen atoms in total. The molecule has 0 radical (unpaired) electrons. The lowest BCUT2D eigenvalue weighted by Gasteiger charge is -2.48. The number of hydrogen-bond donors (Lipinski definition) is 2. The Bertz CT molecular complexity index is 688. The van der Waals surface area contributed by atoms with Gasteiger partial charge in [-0.1, -0.05) is 0 Å². The van der Waals surface area contributed by atoms with Crippen molar-refractivity contribution in [2.75, 3.05) is 13.7 Å².